The van der Waals surface area contributed by atoms with Crippen LogP contribution in [0.5, 0.6) is 0 Å². The fourth-order valence-electron chi connectivity index (χ4n) is 1.63. The van der Waals surface area contributed by atoms with Crippen LogP contribution < -0.4 is 16.4 Å². The minimum absolute atomic E-state index is 0.0314. The zero-order chi connectivity index (χ0) is 15.6. The molecule has 9 heteroatoms. The molecule has 2 aromatic rings. The lowest BCUT2D eigenvalue weighted by Crippen LogP contribution is -2.09. The lowest BCUT2D eigenvalue weighted by molar-refractivity contribution is -0.139. The van der Waals surface area contributed by atoms with Gasteiger partial charge in [-0.25, -0.2) is 4.39 Å². The number of halogens is 4. The summed E-state index contributed by atoms with van der Waals surface area (Å²) in [6, 6.07) is 4.01. The molecule has 0 saturated carbocycles. The van der Waals surface area contributed by atoms with Crippen molar-refractivity contribution in [1.82, 2.24) is 9.97 Å². The summed E-state index contributed by atoms with van der Waals surface area (Å²) in [4.78, 5) is 7.67. The van der Waals surface area contributed by atoms with Crippen LogP contribution in [0.3, 0.4) is 0 Å². The highest BCUT2D eigenvalue weighted by Gasteiger charge is 2.34. The Morgan fingerprint density at radius 3 is 2.38 bits per heavy atom. The van der Waals surface area contributed by atoms with Gasteiger partial charge in [-0.1, -0.05) is 0 Å². The zero-order valence-corrected chi connectivity index (χ0v) is 10.8. The third-order valence-corrected chi connectivity index (χ3v) is 2.54. The van der Waals surface area contributed by atoms with Gasteiger partial charge in [-0.05, 0) is 18.2 Å². The molecule has 0 aliphatic carbocycles. The van der Waals surface area contributed by atoms with E-state index in [9.17, 15) is 17.6 Å². The van der Waals surface area contributed by atoms with Gasteiger partial charge >= 0.3 is 6.18 Å². The second kappa shape index (κ2) is 5.43. The molecule has 2 rings (SSSR count). The van der Waals surface area contributed by atoms with Crippen LogP contribution in [0, 0.1) is 5.82 Å². The Morgan fingerprint density at radius 1 is 1.10 bits per heavy atom. The summed E-state index contributed by atoms with van der Waals surface area (Å²) >= 11 is 0. The average molecular weight is 301 g/mol. The summed E-state index contributed by atoms with van der Waals surface area (Å²) in [6.07, 6.45) is -4.78. The number of nitrogens with one attached hydrogen (secondary N) is 2. The molecule has 0 aliphatic heterocycles. The Kier molecular flexibility index (Phi) is 3.83. The van der Waals surface area contributed by atoms with E-state index in [4.69, 9.17) is 5.73 Å². The van der Waals surface area contributed by atoms with Crippen molar-refractivity contribution in [1.29, 1.82) is 0 Å². The van der Waals surface area contributed by atoms with E-state index in [1.807, 2.05) is 0 Å². The summed E-state index contributed by atoms with van der Waals surface area (Å²) in [5.74, 6) is -0.816. The molecular weight excluding hydrogens is 290 g/mol. The molecule has 0 atom stereocenters. The second-order valence-corrected chi connectivity index (χ2v) is 4.06. The van der Waals surface area contributed by atoms with Gasteiger partial charge in [-0.2, -0.15) is 23.1 Å². The number of hydrogen-bond donors (Lipinski definition) is 3. The van der Waals surface area contributed by atoms with Crippen molar-refractivity contribution in [2.75, 3.05) is 23.4 Å². The molecule has 1 aromatic heterocycles. The number of nitrogen functional groups attached to an aromatic ring is 1. The van der Waals surface area contributed by atoms with Gasteiger partial charge in [0.2, 0.25) is 5.95 Å². The minimum Gasteiger partial charge on any atom is -0.373 e. The zero-order valence-electron chi connectivity index (χ0n) is 10.8. The van der Waals surface area contributed by atoms with Crippen LogP contribution in [-0.4, -0.2) is 17.0 Å². The Bertz CT molecular complexity index is 657. The lowest BCUT2D eigenvalue weighted by atomic mass is 10.2. The van der Waals surface area contributed by atoms with Gasteiger partial charge < -0.3 is 16.4 Å². The highest BCUT2D eigenvalue weighted by Crippen LogP contribution is 2.33. The maximum absolute atomic E-state index is 13.2. The van der Waals surface area contributed by atoms with E-state index in [1.165, 1.54) is 12.1 Å². The largest absolute Gasteiger partial charge is 0.419 e. The van der Waals surface area contributed by atoms with Gasteiger partial charge in [0.25, 0.3) is 0 Å². The molecule has 1 heterocycles. The number of aromatic nitrogens is 2. The highest BCUT2D eigenvalue weighted by atomic mass is 19.4. The van der Waals surface area contributed by atoms with Gasteiger partial charge in [-0.3, -0.25) is 0 Å². The summed E-state index contributed by atoms with van der Waals surface area (Å²) in [7, 11) is 1.60. The SMILES string of the molecule is CNc1cc(Nc2ccc(F)c(C(F)(F)F)c2)nc(N)n1. The predicted octanol–water partition coefficient (Wildman–Crippen LogP) is 3.00. The third kappa shape index (κ3) is 3.50. The summed E-state index contributed by atoms with van der Waals surface area (Å²) in [6.45, 7) is 0. The van der Waals surface area contributed by atoms with Gasteiger partial charge in [-0.15, -0.1) is 0 Å². The average Bonchev–Trinajstić information content (AvgIpc) is 2.39. The Balaban J connectivity index is 2.34. The molecule has 0 spiro atoms. The van der Waals surface area contributed by atoms with Crippen molar-refractivity contribution in [2.24, 2.45) is 0 Å². The van der Waals surface area contributed by atoms with Crippen LogP contribution in [0.1, 0.15) is 5.56 Å². The van der Waals surface area contributed by atoms with Gasteiger partial charge in [0, 0.05) is 18.8 Å². The van der Waals surface area contributed by atoms with E-state index in [0.29, 0.717) is 11.9 Å². The first-order chi connectivity index (χ1) is 9.79. The van der Waals surface area contributed by atoms with Gasteiger partial charge in [0.05, 0.1) is 5.56 Å². The van der Waals surface area contributed by atoms with Gasteiger partial charge in [0.1, 0.15) is 17.5 Å². The van der Waals surface area contributed by atoms with Crippen molar-refractivity contribution < 1.29 is 17.6 Å². The van der Waals surface area contributed by atoms with E-state index in [2.05, 4.69) is 20.6 Å². The maximum atomic E-state index is 13.2. The van der Waals surface area contributed by atoms with E-state index < -0.39 is 17.6 Å². The molecule has 5 nitrogen and oxygen atoms in total. The molecule has 0 fully saturated rings. The minimum atomic E-state index is -4.78. The van der Waals surface area contributed by atoms with Crippen LogP contribution in [0.4, 0.5) is 40.8 Å². The molecule has 0 aliphatic rings. The number of nitrogens with zero attached hydrogens (tertiary/aromatic N) is 2. The lowest BCUT2D eigenvalue weighted by Gasteiger charge is -2.12. The topological polar surface area (TPSA) is 75.9 Å². The number of nitrogens with two attached hydrogens (primary N) is 1. The summed E-state index contributed by atoms with van der Waals surface area (Å²) < 4.78 is 51.1. The van der Waals surface area contributed by atoms with Crippen molar-refractivity contribution >= 4 is 23.3 Å². The van der Waals surface area contributed by atoms with Crippen molar-refractivity contribution in [3.05, 3.63) is 35.6 Å². The van der Waals surface area contributed by atoms with Crippen molar-refractivity contribution in [3.63, 3.8) is 0 Å². The van der Waals surface area contributed by atoms with E-state index in [-0.39, 0.29) is 17.5 Å². The monoisotopic (exact) mass is 301 g/mol. The first-order valence-electron chi connectivity index (χ1n) is 5.75. The fraction of sp³-hybridized carbons (Fsp3) is 0.167. The van der Waals surface area contributed by atoms with Crippen molar-refractivity contribution in [2.45, 2.75) is 6.18 Å². The van der Waals surface area contributed by atoms with Crippen LogP contribution >= 0.6 is 0 Å². The Labute approximate surface area is 117 Å². The molecular formula is C12H11F4N5. The molecule has 0 radical (unpaired) electrons. The third-order valence-electron chi connectivity index (χ3n) is 2.54. The number of hydrogen-bond acceptors (Lipinski definition) is 5. The molecule has 0 amide bonds. The normalized spacial score (nSPS) is 11.3. The predicted molar refractivity (Wildman–Crippen MR) is 70.7 cm³/mol. The molecule has 4 N–H and O–H groups in total. The van der Waals surface area contributed by atoms with Crippen molar-refractivity contribution in [3.8, 4) is 0 Å². The first-order valence-corrected chi connectivity index (χ1v) is 5.75. The van der Waals surface area contributed by atoms with Crippen LogP contribution in [-0.2, 0) is 6.18 Å². The van der Waals surface area contributed by atoms with E-state index in [1.54, 1.807) is 7.05 Å². The first kappa shape index (κ1) is 14.8. The van der Waals surface area contributed by atoms with E-state index >= 15 is 0 Å². The van der Waals surface area contributed by atoms with E-state index in [0.717, 1.165) is 6.07 Å². The Hall–Kier alpha value is -2.58. The van der Waals surface area contributed by atoms with Crippen LogP contribution in [0.25, 0.3) is 0 Å². The molecule has 21 heavy (non-hydrogen) atoms. The summed E-state index contributed by atoms with van der Waals surface area (Å²) in [5, 5.41) is 5.35. The number of rotatable bonds is 3. The maximum Gasteiger partial charge on any atom is 0.419 e. The molecule has 1 aromatic carbocycles. The number of anilines is 4. The second-order valence-electron chi connectivity index (χ2n) is 4.06. The quantitative estimate of drug-likeness (QED) is 0.760. The Morgan fingerprint density at radius 2 is 1.76 bits per heavy atom. The van der Waals surface area contributed by atoms with Crippen LogP contribution in [0.15, 0.2) is 24.3 Å². The molecule has 0 unspecified atom stereocenters. The van der Waals surface area contributed by atoms with Gasteiger partial charge in [0.15, 0.2) is 0 Å². The highest BCUT2D eigenvalue weighted by molar-refractivity contribution is 5.61. The van der Waals surface area contributed by atoms with Crippen LogP contribution in [0.2, 0.25) is 0 Å². The molecule has 0 saturated heterocycles. The number of alkyl halides is 3. The number of benzene rings is 1. The standard InChI is InChI=1S/C12H11F4N5/c1-18-9-5-10(21-11(17)20-9)19-6-2-3-8(13)7(4-6)12(14,15)16/h2-5H,1H3,(H4,17,18,19,20,21). The summed E-state index contributed by atoms with van der Waals surface area (Å²) in [5.41, 5.74) is 4.14. The molecule has 112 valence electrons. The molecule has 0 bridgehead atoms. The fourth-order valence-corrected chi connectivity index (χ4v) is 1.63. The smallest absolute Gasteiger partial charge is 0.373 e.